The van der Waals surface area contributed by atoms with Crippen LogP contribution in [0.4, 0.5) is 5.69 Å². The van der Waals surface area contributed by atoms with Crippen LogP contribution in [0.25, 0.3) is 0 Å². The second kappa shape index (κ2) is 8.48. The molecule has 1 fully saturated rings. The highest BCUT2D eigenvalue weighted by atomic mass is 16.1. The van der Waals surface area contributed by atoms with E-state index in [1.807, 2.05) is 36.4 Å². The van der Waals surface area contributed by atoms with Crippen molar-refractivity contribution in [3.63, 3.8) is 0 Å². The van der Waals surface area contributed by atoms with Gasteiger partial charge in [0.2, 0.25) is 0 Å². The lowest BCUT2D eigenvalue weighted by molar-refractivity contribution is 0.0950. The summed E-state index contributed by atoms with van der Waals surface area (Å²) in [4.78, 5) is 16.6. The molecule has 0 saturated heterocycles. The lowest BCUT2D eigenvalue weighted by atomic mass is 10.1. The number of hydrogen-bond acceptors (Lipinski definition) is 3. The van der Waals surface area contributed by atoms with Gasteiger partial charge in [-0.2, -0.15) is 0 Å². The van der Waals surface area contributed by atoms with E-state index in [-0.39, 0.29) is 5.91 Å². The van der Waals surface area contributed by atoms with Crippen LogP contribution in [-0.4, -0.2) is 16.9 Å². The summed E-state index contributed by atoms with van der Waals surface area (Å²) in [5.74, 6) is -0.0872. The number of nitrogens with one attached hydrogen (secondary N) is 2. The summed E-state index contributed by atoms with van der Waals surface area (Å²) in [6.45, 7) is 0.528. The number of benzene rings is 1. The zero-order valence-corrected chi connectivity index (χ0v) is 14.0. The van der Waals surface area contributed by atoms with Crippen molar-refractivity contribution in [2.24, 2.45) is 0 Å². The Morgan fingerprint density at radius 1 is 1.04 bits per heavy atom. The van der Waals surface area contributed by atoms with E-state index >= 15 is 0 Å². The molecule has 1 aliphatic carbocycles. The Bertz CT molecular complexity index is 649. The topological polar surface area (TPSA) is 54.0 Å². The van der Waals surface area contributed by atoms with Gasteiger partial charge in [-0.05, 0) is 24.5 Å². The molecule has 2 N–H and O–H groups in total. The summed E-state index contributed by atoms with van der Waals surface area (Å²) < 4.78 is 0. The first kappa shape index (κ1) is 16.5. The lowest BCUT2D eigenvalue weighted by Crippen LogP contribution is -2.23. The van der Waals surface area contributed by atoms with Crippen LogP contribution in [0.3, 0.4) is 0 Å². The molecule has 0 radical (unpaired) electrons. The Kier molecular flexibility index (Phi) is 5.83. The highest BCUT2D eigenvalue weighted by Gasteiger charge is 2.13. The number of rotatable bonds is 5. The average molecular weight is 323 g/mol. The fraction of sp³-hybridized carbons (Fsp3) is 0.400. The summed E-state index contributed by atoms with van der Waals surface area (Å²) in [5, 5.41) is 6.50. The zero-order valence-electron chi connectivity index (χ0n) is 14.0. The van der Waals surface area contributed by atoms with E-state index in [0.29, 0.717) is 18.2 Å². The molecule has 4 heteroatoms. The molecule has 1 amide bonds. The van der Waals surface area contributed by atoms with Crippen LogP contribution in [0.2, 0.25) is 0 Å². The van der Waals surface area contributed by atoms with Crippen molar-refractivity contribution in [3.8, 4) is 0 Å². The Labute approximate surface area is 143 Å². The van der Waals surface area contributed by atoms with E-state index in [0.717, 1.165) is 11.3 Å². The maximum absolute atomic E-state index is 12.3. The highest BCUT2D eigenvalue weighted by molar-refractivity contribution is 5.94. The monoisotopic (exact) mass is 323 g/mol. The van der Waals surface area contributed by atoms with E-state index < -0.39 is 0 Å². The molecule has 1 heterocycles. The first-order chi connectivity index (χ1) is 11.8. The number of carbonyl (C=O) groups is 1. The summed E-state index contributed by atoms with van der Waals surface area (Å²) in [7, 11) is 0. The van der Waals surface area contributed by atoms with Crippen LogP contribution in [0.15, 0.2) is 48.8 Å². The third kappa shape index (κ3) is 4.82. The smallest absolute Gasteiger partial charge is 0.253 e. The Balaban J connectivity index is 1.58. The minimum absolute atomic E-state index is 0.0872. The SMILES string of the molecule is O=C(NCc1ccccc1)c1cncc(NC2CCCCCC2)c1. The summed E-state index contributed by atoms with van der Waals surface area (Å²) in [5.41, 5.74) is 2.63. The lowest BCUT2D eigenvalue weighted by Gasteiger charge is -2.17. The molecule has 1 aliphatic rings. The quantitative estimate of drug-likeness (QED) is 0.813. The van der Waals surface area contributed by atoms with Crippen molar-refractivity contribution < 1.29 is 4.79 Å². The van der Waals surface area contributed by atoms with Gasteiger partial charge in [0, 0.05) is 25.0 Å². The molecule has 0 aliphatic heterocycles. The van der Waals surface area contributed by atoms with Crippen molar-refractivity contribution in [1.29, 1.82) is 0 Å². The van der Waals surface area contributed by atoms with Gasteiger partial charge in [0.15, 0.2) is 0 Å². The molecule has 2 aromatic rings. The maximum Gasteiger partial charge on any atom is 0.253 e. The predicted octanol–water partition coefficient (Wildman–Crippen LogP) is 4.15. The molecule has 1 saturated carbocycles. The third-order valence-electron chi connectivity index (χ3n) is 4.52. The van der Waals surface area contributed by atoms with E-state index in [4.69, 9.17) is 0 Å². The first-order valence-electron chi connectivity index (χ1n) is 8.85. The van der Waals surface area contributed by atoms with E-state index in [9.17, 15) is 4.79 Å². The van der Waals surface area contributed by atoms with Crippen LogP contribution in [0.1, 0.15) is 54.4 Å². The van der Waals surface area contributed by atoms with E-state index in [1.165, 1.54) is 38.5 Å². The van der Waals surface area contributed by atoms with Gasteiger partial charge in [-0.1, -0.05) is 56.0 Å². The first-order valence-corrected chi connectivity index (χ1v) is 8.85. The Hall–Kier alpha value is -2.36. The zero-order chi connectivity index (χ0) is 16.6. The molecule has 4 nitrogen and oxygen atoms in total. The van der Waals surface area contributed by atoms with Crippen molar-refractivity contribution in [3.05, 3.63) is 59.9 Å². The van der Waals surface area contributed by atoms with Crippen molar-refractivity contribution in [2.75, 3.05) is 5.32 Å². The number of aromatic nitrogens is 1. The molecular formula is C20H25N3O. The van der Waals surface area contributed by atoms with Crippen LogP contribution >= 0.6 is 0 Å². The molecule has 24 heavy (non-hydrogen) atoms. The van der Waals surface area contributed by atoms with Crippen LogP contribution in [-0.2, 0) is 6.54 Å². The van der Waals surface area contributed by atoms with Gasteiger partial charge in [-0.25, -0.2) is 0 Å². The van der Waals surface area contributed by atoms with Gasteiger partial charge in [0.1, 0.15) is 0 Å². The molecular weight excluding hydrogens is 298 g/mol. The third-order valence-corrected chi connectivity index (χ3v) is 4.52. The van der Waals surface area contributed by atoms with Gasteiger partial charge < -0.3 is 10.6 Å². The molecule has 1 aromatic carbocycles. The standard InChI is InChI=1S/C20H25N3O/c24-20(22-13-16-8-4-3-5-9-16)17-12-19(15-21-14-17)23-18-10-6-1-2-7-11-18/h3-5,8-9,12,14-15,18,23H,1-2,6-7,10-11,13H2,(H,22,24). The number of pyridine rings is 1. The second-order valence-corrected chi connectivity index (χ2v) is 6.46. The number of nitrogens with zero attached hydrogens (tertiary/aromatic N) is 1. The summed E-state index contributed by atoms with van der Waals surface area (Å²) in [6.07, 6.45) is 11.0. The van der Waals surface area contributed by atoms with Crippen molar-refractivity contribution in [2.45, 2.75) is 51.1 Å². The number of anilines is 1. The average Bonchev–Trinajstić information content (AvgIpc) is 2.89. The second-order valence-electron chi connectivity index (χ2n) is 6.46. The van der Waals surface area contributed by atoms with Gasteiger partial charge in [0.25, 0.3) is 5.91 Å². The van der Waals surface area contributed by atoms with Gasteiger partial charge in [0.05, 0.1) is 11.3 Å². The molecule has 3 rings (SSSR count). The van der Waals surface area contributed by atoms with E-state index in [1.54, 1.807) is 12.4 Å². The normalized spacial score (nSPS) is 15.5. The molecule has 0 unspecified atom stereocenters. The molecule has 0 bridgehead atoms. The van der Waals surface area contributed by atoms with Gasteiger partial charge in [-0.15, -0.1) is 0 Å². The predicted molar refractivity (Wildman–Crippen MR) is 97.0 cm³/mol. The Morgan fingerprint density at radius 2 is 1.79 bits per heavy atom. The fourth-order valence-corrected chi connectivity index (χ4v) is 3.18. The number of amides is 1. The van der Waals surface area contributed by atoms with Crippen molar-refractivity contribution >= 4 is 11.6 Å². The molecule has 126 valence electrons. The minimum Gasteiger partial charge on any atom is -0.381 e. The minimum atomic E-state index is -0.0872. The van der Waals surface area contributed by atoms with Crippen LogP contribution in [0.5, 0.6) is 0 Å². The van der Waals surface area contributed by atoms with Crippen LogP contribution < -0.4 is 10.6 Å². The molecule has 0 spiro atoms. The molecule has 1 aromatic heterocycles. The fourth-order valence-electron chi connectivity index (χ4n) is 3.18. The summed E-state index contributed by atoms with van der Waals surface area (Å²) >= 11 is 0. The maximum atomic E-state index is 12.3. The Morgan fingerprint density at radius 3 is 2.54 bits per heavy atom. The van der Waals surface area contributed by atoms with E-state index in [2.05, 4.69) is 15.6 Å². The van der Waals surface area contributed by atoms with Crippen molar-refractivity contribution in [1.82, 2.24) is 10.3 Å². The largest absolute Gasteiger partial charge is 0.381 e. The van der Waals surface area contributed by atoms with Gasteiger partial charge in [-0.3, -0.25) is 9.78 Å². The van der Waals surface area contributed by atoms with Gasteiger partial charge >= 0.3 is 0 Å². The highest BCUT2D eigenvalue weighted by Crippen LogP contribution is 2.21. The molecule has 0 atom stereocenters. The number of hydrogen-bond donors (Lipinski definition) is 2. The van der Waals surface area contributed by atoms with Crippen LogP contribution in [0, 0.1) is 0 Å². The summed E-state index contributed by atoms with van der Waals surface area (Å²) in [6, 6.07) is 12.3. The number of carbonyl (C=O) groups excluding carboxylic acids is 1.